The zero-order valence-electron chi connectivity index (χ0n) is 21.5. The standard InChI is InChI=1S/C29H32N6O3/c1-22(21-34-17-19-35(20-18-34)28-31-14-8-15-32-28)30-16-13-25(36)37-29-33-26(23-9-4-2-5-10-23)27(38-29)24-11-6-3-7-12-24/h2-12,14-15,22,30H,13,16-21H2,1H3. The molecular formula is C29H32N6O3. The first-order valence-corrected chi connectivity index (χ1v) is 13.0. The molecule has 1 atom stereocenters. The molecule has 0 saturated carbocycles. The van der Waals surface area contributed by atoms with Gasteiger partial charge in [0.05, 0.1) is 6.42 Å². The Hall–Kier alpha value is -4.08. The van der Waals surface area contributed by atoms with Gasteiger partial charge in [0.1, 0.15) is 5.69 Å². The van der Waals surface area contributed by atoms with Gasteiger partial charge in [-0.3, -0.25) is 9.69 Å². The van der Waals surface area contributed by atoms with E-state index in [1.807, 2.05) is 66.7 Å². The first-order chi connectivity index (χ1) is 18.7. The summed E-state index contributed by atoms with van der Waals surface area (Å²) in [5.41, 5.74) is 2.41. The highest BCUT2D eigenvalue weighted by Crippen LogP contribution is 2.35. The van der Waals surface area contributed by atoms with Gasteiger partial charge in [0.2, 0.25) is 5.95 Å². The van der Waals surface area contributed by atoms with Crippen LogP contribution in [0, 0.1) is 0 Å². The number of ether oxygens (including phenoxy) is 1. The highest BCUT2D eigenvalue weighted by atomic mass is 16.6. The first-order valence-electron chi connectivity index (χ1n) is 13.0. The van der Waals surface area contributed by atoms with Gasteiger partial charge < -0.3 is 19.4 Å². The van der Waals surface area contributed by atoms with E-state index in [-0.39, 0.29) is 24.5 Å². The molecule has 0 aliphatic carbocycles. The fraction of sp³-hybridized carbons (Fsp3) is 0.310. The van der Waals surface area contributed by atoms with Crippen LogP contribution in [0.2, 0.25) is 0 Å². The molecule has 3 heterocycles. The number of esters is 1. The maximum Gasteiger partial charge on any atom is 0.402 e. The van der Waals surface area contributed by atoms with Crippen LogP contribution in [-0.4, -0.2) is 71.1 Å². The van der Waals surface area contributed by atoms with Crippen LogP contribution in [0.5, 0.6) is 6.08 Å². The van der Waals surface area contributed by atoms with Crippen molar-refractivity contribution < 1.29 is 13.9 Å². The van der Waals surface area contributed by atoms with Gasteiger partial charge in [-0.25, -0.2) is 9.97 Å². The number of piperazine rings is 1. The fourth-order valence-corrected chi connectivity index (χ4v) is 4.53. The number of hydrogen-bond acceptors (Lipinski definition) is 9. The van der Waals surface area contributed by atoms with Crippen LogP contribution in [0.25, 0.3) is 22.6 Å². The molecule has 2 aromatic carbocycles. The minimum Gasteiger partial charge on any atom is -0.408 e. The van der Waals surface area contributed by atoms with Gasteiger partial charge in [0.15, 0.2) is 5.76 Å². The van der Waals surface area contributed by atoms with Crippen molar-refractivity contribution in [3.63, 3.8) is 0 Å². The van der Waals surface area contributed by atoms with E-state index in [9.17, 15) is 4.79 Å². The smallest absolute Gasteiger partial charge is 0.402 e. The van der Waals surface area contributed by atoms with E-state index in [0.29, 0.717) is 18.0 Å². The number of carbonyl (C=O) groups is 1. The van der Waals surface area contributed by atoms with Gasteiger partial charge in [-0.05, 0) is 13.0 Å². The van der Waals surface area contributed by atoms with Crippen molar-refractivity contribution in [1.29, 1.82) is 0 Å². The highest BCUT2D eigenvalue weighted by molar-refractivity contribution is 5.78. The van der Waals surface area contributed by atoms with E-state index in [1.54, 1.807) is 12.4 Å². The molecule has 0 bridgehead atoms. The summed E-state index contributed by atoms with van der Waals surface area (Å²) in [6, 6.07) is 21.5. The van der Waals surface area contributed by atoms with Gasteiger partial charge >= 0.3 is 12.0 Å². The Labute approximate surface area is 222 Å². The van der Waals surface area contributed by atoms with Crippen LogP contribution < -0.4 is 15.0 Å². The largest absolute Gasteiger partial charge is 0.408 e. The third-order valence-corrected chi connectivity index (χ3v) is 6.45. The van der Waals surface area contributed by atoms with E-state index in [0.717, 1.165) is 49.8 Å². The Morgan fingerprint density at radius 1 is 0.947 bits per heavy atom. The van der Waals surface area contributed by atoms with Gasteiger partial charge in [0, 0.05) is 68.8 Å². The summed E-state index contributed by atoms with van der Waals surface area (Å²) < 4.78 is 11.4. The minimum atomic E-state index is -0.387. The molecule has 196 valence electrons. The number of benzene rings is 2. The SMILES string of the molecule is CC(CN1CCN(c2ncccn2)CC1)NCCC(=O)Oc1nc(-c2ccccc2)c(-c2ccccc2)o1. The number of oxazole rings is 1. The number of nitrogens with one attached hydrogen (secondary N) is 1. The van der Waals surface area contributed by atoms with E-state index in [2.05, 4.69) is 37.0 Å². The monoisotopic (exact) mass is 512 g/mol. The Bertz CT molecular complexity index is 1230. The zero-order valence-corrected chi connectivity index (χ0v) is 21.5. The lowest BCUT2D eigenvalue weighted by molar-refractivity contribution is -0.135. The molecule has 0 amide bonds. The van der Waals surface area contributed by atoms with Gasteiger partial charge in [-0.15, -0.1) is 0 Å². The second-order valence-corrected chi connectivity index (χ2v) is 9.31. The van der Waals surface area contributed by atoms with Gasteiger partial charge in [-0.1, -0.05) is 60.7 Å². The number of aromatic nitrogens is 3. The molecule has 9 nitrogen and oxygen atoms in total. The Kier molecular flexibility index (Phi) is 8.37. The zero-order chi connectivity index (χ0) is 26.2. The molecule has 1 unspecified atom stereocenters. The maximum atomic E-state index is 12.6. The average Bonchev–Trinajstić information content (AvgIpc) is 3.38. The van der Waals surface area contributed by atoms with Crippen molar-refractivity contribution in [2.24, 2.45) is 0 Å². The van der Waals surface area contributed by atoms with Crippen LogP contribution in [0.3, 0.4) is 0 Å². The lowest BCUT2D eigenvalue weighted by Gasteiger charge is -2.36. The summed E-state index contributed by atoms with van der Waals surface area (Å²) in [5.74, 6) is 0.974. The summed E-state index contributed by atoms with van der Waals surface area (Å²) in [6.45, 7) is 7.23. The molecule has 9 heteroatoms. The Morgan fingerprint density at radius 3 is 2.29 bits per heavy atom. The van der Waals surface area contributed by atoms with Crippen LogP contribution >= 0.6 is 0 Å². The molecule has 0 spiro atoms. The number of rotatable bonds is 10. The molecule has 1 N–H and O–H groups in total. The average molecular weight is 513 g/mol. The molecule has 2 aromatic heterocycles. The molecule has 1 aliphatic rings. The van der Waals surface area contributed by atoms with Crippen molar-refractivity contribution >= 4 is 11.9 Å². The summed E-state index contributed by atoms with van der Waals surface area (Å²) in [6.07, 6.45) is 3.73. The van der Waals surface area contributed by atoms with Crippen LogP contribution in [0.4, 0.5) is 5.95 Å². The third kappa shape index (κ3) is 6.62. The maximum absolute atomic E-state index is 12.6. The van der Waals surface area contributed by atoms with Crippen molar-refractivity contribution in [2.45, 2.75) is 19.4 Å². The lowest BCUT2D eigenvalue weighted by Crippen LogP contribution is -2.50. The van der Waals surface area contributed by atoms with Crippen molar-refractivity contribution in [3.05, 3.63) is 79.1 Å². The number of anilines is 1. The minimum absolute atomic E-state index is 0.0407. The third-order valence-electron chi connectivity index (χ3n) is 6.45. The molecule has 4 aromatic rings. The molecule has 0 radical (unpaired) electrons. The van der Waals surface area contributed by atoms with Crippen LogP contribution in [0.15, 0.2) is 83.5 Å². The summed E-state index contributed by atoms with van der Waals surface area (Å²) >= 11 is 0. The van der Waals surface area contributed by atoms with Crippen molar-refractivity contribution in [1.82, 2.24) is 25.2 Å². The number of hydrogen-bond donors (Lipinski definition) is 1. The van der Waals surface area contributed by atoms with Crippen molar-refractivity contribution in [2.75, 3.05) is 44.2 Å². The molecule has 1 saturated heterocycles. The van der Waals surface area contributed by atoms with E-state index < -0.39 is 0 Å². The number of nitrogens with zero attached hydrogens (tertiary/aromatic N) is 5. The Balaban J connectivity index is 1.09. The second-order valence-electron chi connectivity index (χ2n) is 9.31. The van der Waals surface area contributed by atoms with Gasteiger partial charge in [0.25, 0.3) is 0 Å². The van der Waals surface area contributed by atoms with E-state index in [4.69, 9.17) is 9.15 Å². The summed E-state index contributed by atoms with van der Waals surface area (Å²) in [7, 11) is 0. The molecule has 5 rings (SSSR count). The van der Waals surface area contributed by atoms with Crippen LogP contribution in [0.1, 0.15) is 13.3 Å². The quantitative estimate of drug-likeness (QED) is 0.317. The molecule has 1 aliphatic heterocycles. The summed E-state index contributed by atoms with van der Waals surface area (Å²) in [5, 5.41) is 3.43. The summed E-state index contributed by atoms with van der Waals surface area (Å²) in [4.78, 5) is 30.4. The highest BCUT2D eigenvalue weighted by Gasteiger charge is 2.21. The molecule has 38 heavy (non-hydrogen) atoms. The topological polar surface area (TPSA) is 96.6 Å². The molecule has 1 fully saturated rings. The Morgan fingerprint density at radius 2 is 1.61 bits per heavy atom. The predicted octanol–water partition coefficient (Wildman–Crippen LogP) is 3.89. The van der Waals surface area contributed by atoms with E-state index in [1.165, 1.54) is 0 Å². The first kappa shape index (κ1) is 25.6. The lowest BCUT2D eigenvalue weighted by atomic mass is 10.1. The fourth-order valence-electron chi connectivity index (χ4n) is 4.53. The normalized spacial score (nSPS) is 14.8. The van der Waals surface area contributed by atoms with Gasteiger partial charge in [-0.2, -0.15) is 4.98 Å². The van der Waals surface area contributed by atoms with Crippen molar-refractivity contribution in [3.8, 4) is 28.7 Å². The second kappa shape index (κ2) is 12.4. The molecular weight excluding hydrogens is 480 g/mol. The van der Waals surface area contributed by atoms with Crippen LogP contribution in [-0.2, 0) is 4.79 Å². The number of carbonyl (C=O) groups excluding carboxylic acids is 1. The predicted molar refractivity (Wildman–Crippen MR) is 146 cm³/mol. The van der Waals surface area contributed by atoms with E-state index >= 15 is 0 Å².